The molecule has 2 aromatic rings. The summed E-state index contributed by atoms with van der Waals surface area (Å²) >= 11 is 1.60. The molecule has 0 bridgehead atoms. The van der Waals surface area contributed by atoms with E-state index >= 15 is 0 Å². The van der Waals surface area contributed by atoms with Gasteiger partial charge in [-0.15, -0.1) is 16.4 Å². The molecule has 0 amide bonds. The number of nitrogens with zero attached hydrogens (tertiary/aromatic N) is 4. The number of aromatic nitrogens is 4. The van der Waals surface area contributed by atoms with E-state index in [0.29, 0.717) is 0 Å². The average Bonchev–Trinajstić information content (AvgIpc) is 2.92. The highest BCUT2D eigenvalue weighted by atomic mass is 32.1. The minimum absolute atomic E-state index is 0.0767. The Kier molecular flexibility index (Phi) is 3.63. The molecular formula is C10H15N5S. The van der Waals surface area contributed by atoms with Gasteiger partial charge in [-0.1, -0.05) is 12.1 Å². The predicted molar refractivity (Wildman–Crippen MR) is 63.3 cm³/mol. The molecular weight excluding hydrogens is 222 g/mol. The van der Waals surface area contributed by atoms with Gasteiger partial charge in [-0.05, 0) is 13.5 Å². The van der Waals surface area contributed by atoms with Gasteiger partial charge in [0, 0.05) is 11.9 Å². The molecule has 6 heteroatoms. The van der Waals surface area contributed by atoms with Crippen LogP contribution in [-0.4, -0.2) is 27.0 Å². The number of aryl methyl sites for hydroxylation is 1. The summed E-state index contributed by atoms with van der Waals surface area (Å²) in [6, 6.07) is 0.0767. The van der Waals surface area contributed by atoms with Gasteiger partial charge in [0.25, 0.3) is 0 Å². The zero-order valence-electron chi connectivity index (χ0n) is 9.42. The average molecular weight is 237 g/mol. The lowest BCUT2D eigenvalue weighted by Crippen LogP contribution is -2.21. The SMILES string of the molecule is CCCn1nncc1C(NC)c1cscn1. The van der Waals surface area contributed by atoms with Gasteiger partial charge in [0.1, 0.15) is 0 Å². The van der Waals surface area contributed by atoms with Gasteiger partial charge in [0.15, 0.2) is 0 Å². The summed E-state index contributed by atoms with van der Waals surface area (Å²) in [6.07, 6.45) is 2.85. The van der Waals surface area contributed by atoms with Crippen LogP contribution in [0.25, 0.3) is 0 Å². The van der Waals surface area contributed by atoms with E-state index in [1.807, 2.05) is 22.6 Å². The molecule has 16 heavy (non-hydrogen) atoms. The maximum absolute atomic E-state index is 4.33. The summed E-state index contributed by atoms with van der Waals surface area (Å²) in [7, 11) is 1.92. The first-order chi connectivity index (χ1) is 7.86. The Balaban J connectivity index is 2.30. The minimum Gasteiger partial charge on any atom is -0.307 e. The summed E-state index contributed by atoms with van der Waals surface area (Å²) in [5.41, 5.74) is 3.93. The first-order valence-corrected chi connectivity index (χ1v) is 6.24. The lowest BCUT2D eigenvalue weighted by molar-refractivity contribution is 0.520. The second kappa shape index (κ2) is 5.18. The molecule has 0 fully saturated rings. The summed E-state index contributed by atoms with van der Waals surface area (Å²) in [5.74, 6) is 0. The van der Waals surface area contributed by atoms with Crippen molar-refractivity contribution in [3.8, 4) is 0 Å². The summed E-state index contributed by atoms with van der Waals surface area (Å²) in [6.45, 7) is 3.01. The number of nitrogens with one attached hydrogen (secondary N) is 1. The van der Waals surface area contributed by atoms with Crippen LogP contribution in [0.2, 0.25) is 0 Å². The van der Waals surface area contributed by atoms with Crippen molar-refractivity contribution in [1.82, 2.24) is 25.3 Å². The molecule has 0 aliphatic heterocycles. The fourth-order valence-corrected chi connectivity index (χ4v) is 2.27. The van der Waals surface area contributed by atoms with Gasteiger partial charge in [0.2, 0.25) is 0 Å². The number of rotatable bonds is 5. The summed E-state index contributed by atoms with van der Waals surface area (Å²) < 4.78 is 1.93. The fourth-order valence-electron chi connectivity index (χ4n) is 1.69. The highest BCUT2D eigenvalue weighted by Gasteiger charge is 2.18. The third kappa shape index (κ3) is 2.12. The quantitative estimate of drug-likeness (QED) is 0.855. The second-order valence-corrected chi connectivity index (χ2v) is 4.24. The van der Waals surface area contributed by atoms with E-state index in [9.17, 15) is 0 Å². The van der Waals surface area contributed by atoms with E-state index in [1.54, 1.807) is 17.5 Å². The van der Waals surface area contributed by atoms with Crippen LogP contribution in [-0.2, 0) is 6.54 Å². The Bertz CT molecular complexity index is 422. The molecule has 0 aliphatic carbocycles. The topological polar surface area (TPSA) is 55.6 Å². The third-order valence-corrected chi connectivity index (χ3v) is 3.02. The van der Waals surface area contributed by atoms with Gasteiger partial charge in [-0.25, -0.2) is 9.67 Å². The van der Waals surface area contributed by atoms with Crippen LogP contribution in [0, 0.1) is 0 Å². The monoisotopic (exact) mass is 237 g/mol. The van der Waals surface area contributed by atoms with Crippen LogP contribution in [0.5, 0.6) is 0 Å². The van der Waals surface area contributed by atoms with E-state index in [1.165, 1.54) is 0 Å². The van der Waals surface area contributed by atoms with Crippen LogP contribution >= 0.6 is 11.3 Å². The number of hydrogen-bond donors (Lipinski definition) is 1. The maximum Gasteiger partial charge on any atom is 0.0944 e. The van der Waals surface area contributed by atoms with Gasteiger partial charge < -0.3 is 5.32 Å². The number of thiazole rings is 1. The van der Waals surface area contributed by atoms with Crippen molar-refractivity contribution in [3.63, 3.8) is 0 Å². The van der Waals surface area contributed by atoms with Crippen LogP contribution in [0.1, 0.15) is 30.8 Å². The maximum atomic E-state index is 4.33. The first kappa shape index (κ1) is 11.2. The van der Waals surface area contributed by atoms with Crippen LogP contribution in [0.3, 0.4) is 0 Å². The van der Waals surface area contributed by atoms with Crippen molar-refractivity contribution in [1.29, 1.82) is 0 Å². The van der Waals surface area contributed by atoms with Gasteiger partial charge in [-0.3, -0.25) is 0 Å². The molecule has 0 saturated carbocycles. The fraction of sp³-hybridized carbons (Fsp3) is 0.500. The molecule has 1 unspecified atom stereocenters. The number of hydrogen-bond acceptors (Lipinski definition) is 5. The van der Waals surface area contributed by atoms with Crippen molar-refractivity contribution in [2.45, 2.75) is 25.9 Å². The van der Waals surface area contributed by atoms with E-state index in [-0.39, 0.29) is 6.04 Å². The van der Waals surface area contributed by atoms with Crippen molar-refractivity contribution in [3.05, 3.63) is 28.5 Å². The minimum atomic E-state index is 0.0767. The van der Waals surface area contributed by atoms with Gasteiger partial charge in [0.05, 0.1) is 29.1 Å². The summed E-state index contributed by atoms with van der Waals surface area (Å²) in [4.78, 5) is 4.33. The molecule has 2 aromatic heterocycles. The molecule has 1 atom stereocenters. The largest absolute Gasteiger partial charge is 0.307 e. The van der Waals surface area contributed by atoms with Crippen LogP contribution in [0.15, 0.2) is 17.1 Å². The molecule has 1 N–H and O–H groups in total. The summed E-state index contributed by atoms with van der Waals surface area (Å²) in [5, 5.41) is 13.4. The highest BCUT2D eigenvalue weighted by Crippen LogP contribution is 2.20. The Morgan fingerprint density at radius 3 is 3.06 bits per heavy atom. The standard InChI is InChI=1S/C10H15N5S/c1-3-4-15-9(5-13-14-15)10(11-2)8-6-16-7-12-8/h5-7,10-11H,3-4H2,1-2H3. The van der Waals surface area contributed by atoms with Gasteiger partial charge >= 0.3 is 0 Å². The lowest BCUT2D eigenvalue weighted by atomic mass is 10.1. The molecule has 2 rings (SSSR count). The molecule has 0 saturated heterocycles. The molecule has 0 aliphatic rings. The van der Waals surface area contributed by atoms with Crippen molar-refractivity contribution in [2.24, 2.45) is 0 Å². The zero-order chi connectivity index (χ0) is 11.4. The van der Waals surface area contributed by atoms with Crippen LogP contribution in [0.4, 0.5) is 0 Å². The third-order valence-electron chi connectivity index (χ3n) is 2.41. The van der Waals surface area contributed by atoms with Crippen molar-refractivity contribution < 1.29 is 0 Å². The van der Waals surface area contributed by atoms with E-state index in [2.05, 4.69) is 27.5 Å². The van der Waals surface area contributed by atoms with Crippen LogP contribution < -0.4 is 5.32 Å². The van der Waals surface area contributed by atoms with E-state index < -0.39 is 0 Å². The molecule has 86 valence electrons. The smallest absolute Gasteiger partial charge is 0.0944 e. The molecule has 5 nitrogen and oxygen atoms in total. The molecule has 0 spiro atoms. The molecule has 0 radical (unpaired) electrons. The normalized spacial score (nSPS) is 12.9. The predicted octanol–water partition coefficient (Wildman–Crippen LogP) is 1.45. The lowest BCUT2D eigenvalue weighted by Gasteiger charge is -2.14. The van der Waals surface area contributed by atoms with E-state index in [4.69, 9.17) is 0 Å². The molecule has 2 heterocycles. The Morgan fingerprint density at radius 2 is 2.44 bits per heavy atom. The van der Waals surface area contributed by atoms with Crippen molar-refractivity contribution >= 4 is 11.3 Å². The Labute approximate surface area is 98.5 Å². The molecule has 0 aromatic carbocycles. The first-order valence-electron chi connectivity index (χ1n) is 5.30. The Hall–Kier alpha value is -1.27. The van der Waals surface area contributed by atoms with Gasteiger partial charge in [-0.2, -0.15) is 0 Å². The zero-order valence-corrected chi connectivity index (χ0v) is 10.2. The van der Waals surface area contributed by atoms with Crippen molar-refractivity contribution in [2.75, 3.05) is 7.05 Å². The highest BCUT2D eigenvalue weighted by molar-refractivity contribution is 7.07. The van der Waals surface area contributed by atoms with E-state index in [0.717, 1.165) is 24.4 Å². The Morgan fingerprint density at radius 1 is 1.56 bits per heavy atom. The second-order valence-electron chi connectivity index (χ2n) is 3.52.